The van der Waals surface area contributed by atoms with Gasteiger partial charge in [0.25, 0.3) is 0 Å². The maximum absolute atomic E-state index is 12.0. The van der Waals surface area contributed by atoms with Gasteiger partial charge in [0.2, 0.25) is 5.82 Å². The molecule has 0 aliphatic carbocycles. The van der Waals surface area contributed by atoms with Crippen LogP contribution in [0.2, 0.25) is 0 Å². The maximum Gasteiger partial charge on any atom is 0.200 e. The van der Waals surface area contributed by atoms with E-state index in [1.54, 1.807) is 0 Å². The van der Waals surface area contributed by atoms with Gasteiger partial charge in [-0.25, -0.2) is 22.0 Å². The van der Waals surface area contributed by atoms with Crippen molar-refractivity contribution in [3.05, 3.63) is 35.2 Å². The molecule has 0 amide bonds. The summed E-state index contributed by atoms with van der Waals surface area (Å²) in [7, 11) is 0. The summed E-state index contributed by atoms with van der Waals surface area (Å²) in [6.45, 7) is 0. The topological polar surface area (TPSA) is 0 Å². The van der Waals surface area contributed by atoms with Crippen LogP contribution in [0.1, 0.15) is 0 Å². The minimum atomic E-state index is -2.14. The molecule has 1 aromatic rings. The molecule has 64 valence electrons. The summed E-state index contributed by atoms with van der Waals surface area (Å²) in [6.07, 6.45) is 0. The molecule has 0 aliphatic rings. The van der Waals surface area contributed by atoms with Gasteiger partial charge >= 0.3 is 0 Å². The van der Waals surface area contributed by atoms with Crippen molar-refractivity contribution >= 4 is 0 Å². The zero-order valence-corrected chi connectivity index (χ0v) is 7.03. The Kier molecular flexibility index (Phi) is 3.86. The first-order chi connectivity index (χ1) is 5.04. The third kappa shape index (κ3) is 1.84. The molecule has 0 atom stereocenters. The quantitative estimate of drug-likeness (QED) is 0.270. The molecule has 6 heteroatoms. The molecule has 0 saturated carbocycles. The van der Waals surface area contributed by atoms with Crippen LogP contribution in [-0.2, 0) is 21.7 Å². The van der Waals surface area contributed by atoms with Crippen molar-refractivity contribution in [2.45, 2.75) is 0 Å². The molecule has 0 saturated heterocycles. The van der Waals surface area contributed by atoms with Crippen LogP contribution in [0.4, 0.5) is 22.0 Å². The van der Waals surface area contributed by atoms with E-state index in [1.807, 2.05) is 0 Å². The van der Waals surface area contributed by atoms with E-state index >= 15 is 0 Å². The van der Waals surface area contributed by atoms with Crippen LogP contribution in [0.25, 0.3) is 0 Å². The Morgan fingerprint density at radius 1 is 0.667 bits per heavy atom. The fraction of sp³-hybridized carbons (Fsp3) is 0. The summed E-state index contributed by atoms with van der Waals surface area (Å²) < 4.78 is 60.0. The first-order valence-electron chi connectivity index (χ1n) is 2.52. The summed E-state index contributed by atoms with van der Waals surface area (Å²) >= 11 is 0. The van der Waals surface area contributed by atoms with E-state index in [1.165, 1.54) is 0 Å². The molecule has 0 fully saturated rings. The summed E-state index contributed by atoms with van der Waals surface area (Å²) in [5.74, 6) is -9.65. The average Bonchev–Trinajstić information content (AvgIpc) is 1.97. The molecule has 0 aromatic heterocycles. The molecular weight excluding hydrogens is 215 g/mol. The van der Waals surface area contributed by atoms with Crippen LogP contribution in [0.3, 0.4) is 0 Å². The Hall–Kier alpha value is -0.416. The molecule has 0 heterocycles. The van der Waals surface area contributed by atoms with Gasteiger partial charge < -0.3 is 0 Å². The van der Waals surface area contributed by atoms with Gasteiger partial charge in [-0.05, 0) is 0 Å². The summed E-state index contributed by atoms with van der Waals surface area (Å²) in [4.78, 5) is 0. The molecule has 0 aliphatic heterocycles. The third-order valence-electron chi connectivity index (χ3n) is 1.06. The van der Waals surface area contributed by atoms with E-state index in [2.05, 4.69) is 0 Å². The minimum absolute atomic E-state index is 0. The third-order valence-corrected chi connectivity index (χ3v) is 1.06. The van der Waals surface area contributed by atoms with Crippen LogP contribution in [0.15, 0.2) is 6.07 Å². The summed E-state index contributed by atoms with van der Waals surface area (Å²) in [5, 5.41) is 0. The van der Waals surface area contributed by atoms with Gasteiger partial charge in [-0.15, -0.1) is 0 Å². The van der Waals surface area contributed by atoms with Gasteiger partial charge in [-0.1, -0.05) is 0 Å². The van der Waals surface area contributed by atoms with Crippen LogP contribution in [-0.4, -0.2) is 0 Å². The Balaban J connectivity index is 0.00000121. The minimum Gasteiger partial charge on any atom is -0.204 e. The second-order valence-electron chi connectivity index (χ2n) is 1.78. The van der Waals surface area contributed by atoms with Gasteiger partial charge in [-0.3, -0.25) is 0 Å². The Morgan fingerprint density at radius 3 is 1.33 bits per heavy atom. The van der Waals surface area contributed by atoms with Crippen molar-refractivity contribution in [2.75, 3.05) is 0 Å². The monoisotopic (exact) mass is 216 g/mol. The second kappa shape index (κ2) is 4.00. The zero-order valence-electron chi connectivity index (χ0n) is 5.47. The number of hydrogen-bond donors (Lipinski definition) is 0. The van der Waals surface area contributed by atoms with Crippen molar-refractivity contribution < 1.29 is 43.7 Å². The first kappa shape index (κ1) is 11.6. The van der Waals surface area contributed by atoms with Gasteiger partial charge in [0.1, 0.15) is 0 Å². The van der Waals surface area contributed by atoms with Crippen molar-refractivity contribution in [3.63, 3.8) is 0 Å². The predicted molar refractivity (Wildman–Crippen MR) is 26.2 cm³/mol. The van der Waals surface area contributed by atoms with E-state index in [0.29, 0.717) is 0 Å². The molecule has 0 spiro atoms. The number of rotatable bonds is 0. The van der Waals surface area contributed by atoms with Crippen molar-refractivity contribution in [1.29, 1.82) is 0 Å². The van der Waals surface area contributed by atoms with Crippen LogP contribution in [0, 0.1) is 29.1 Å². The fourth-order valence-corrected chi connectivity index (χ4v) is 0.544. The molecule has 0 unspecified atom stereocenters. The zero-order chi connectivity index (χ0) is 8.59. The SMILES string of the molecule is Fc1cc(F)c(F)c(F)c1F.[Ti]. The number of halogens is 5. The van der Waals surface area contributed by atoms with Crippen molar-refractivity contribution in [2.24, 2.45) is 0 Å². The van der Waals surface area contributed by atoms with E-state index < -0.39 is 29.1 Å². The predicted octanol–water partition coefficient (Wildman–Crippen LogP) is 2.38. The fourth-order valence-electron chi connectivity index (χ4n) is 0.544. The van der Waals surface area contributed by atoms with Gasteiger partial charge in [0.05, 0.1) is 0 Å². The molecule has 0 N–H and O–H groups in total. The van der Waals surface area contributed by atoms with E-state index in [4.69, 9.17) is 0 Å². The molecule has 0 radical (unpaired) electrons. The molecular formula is C6HF5Ti. The summed E-state index contributed by atoms with van der Waals surface area (Å²) in [6, 6.07) is -0.0618. The summed E-state index contributed by atoms with van der Waals surface area (Å²) in [5.41, 5.74) is 0. The number of hydrogen-bond acceptors (Lipinski definition) is 0. The van der Waals surface area contributed by atoms with Crippen LogP contribution in [0.5, 0.6) is 0 Å². The molecule has 1 aromatic carbocycles. The van der Waals surface area contributed by atoms with Crippen LogP contribution < -0.4 is 0 Å². The Bertz CT molecular complexity index is 272. The molecule has 1 rings (SSSR count). The van der Waals surface area contributed by atoms with E-state index in [0.717, 1.165) is 0 Å². The standard InChI is InChI=1S/C6HF5.Ti/c7-2-1-3(8)5(10)6(11)4(2)9;/h1H;. The molecule has 12 heavy (non-hydrogen) atoms. The Morgan fingerprint density at radius 2 is 1.00 bits per heavy atom. The van der Waals surface area contributed by atoms with Gasteiger partial charge in [0, 0.05) is 27.8 Å². The number of benzene rings is 1. The normalized spacial score (nSPS) is 9.42. The largest absolute Gasteiger partial charge is 0.204 e. The van der Waals surface area contributed by atoms with Crippen LogP contribution >= 0.6 is 0 Å². The van der Waals surface area contributed by atoms with Crippen molar-refractivity contribution in [1.82, 2.24) is 0 Å². The first-order valence-corrected chi connectivity index (χ1v) is 2.52. The maximum atomic E-state index is 12.0. The van der Waals surface area contributed by atoms with Gasteiger partial charge in [0.15, 0.2) is 23.3 Å². The van der Waals surface area contributed by atoms with Crippen molar-refractivity contribution in [3.8, 4) is 0 Å². The second-order valence-corrected chi connectivity index (χ2v) is 1.78. The Labute approximate surface area is 79.3 Å². The molecule has 0 bridgehead atoms. The van der Waals surface area contributed by atoms with E-state index in [-0.39, 0.29) is 27.8 Å². The molecule has 0 nitrogen and oxygen atoms in total. The smallest absolute Gasteiger partial charge is 0.200 e. The van der Waals surface area contributed by atoms with E-state index in [9.17, 15) is 22.0 Å². The average molecular weight is 216 g/mol. The van der Waals surface area contributed by atoms with Gasteiger partial charge in [-0.2, -0.15) is 0 Å².